The molecule has 2 heterocycles. The van der Waals surface area contributed by atoms with E-state index in [0.29, 0.717) is 22.9 Å². The van der Waals surface area contributed by atoms with E-state index in [0.717, 1.165) is 9.78 Å². The summed E-state index contributed by atoms with van der Waals surface area (Å²) in [7, 11) is 3.11. The number of ether oxygens (including phenoxy) is 2. The highest BCUT2D eigenvalue weighted by atomic mass is 32.1. The molecule has 1 aliphatic heterocycles. The quantitative estimate of drug-likeness (QED) is 0.530. The average molecular weight is 466 g/mol. The number of urea groups is 1. The van der Waals surface area contributed by atoms with E-state index in [1.807, 2.05) is 17.5 Å². The molecule has 170 valence electrons. The zero-order valence-electron chi connectivity index (χ0n) is 18.2. The molecule has 1 N–H and O–H groups in total. The van der Waals surface area contributed by atoms with Crippen LogP contribution >= 0.6 is 11.3 Å². The number of nitrogens with zero attached hydrogens (tertiary/aromatic N) is 2. The maximum atomic E-state index is 13.3. The normalized spacial score (nSPS) is 15.5. The molecule has 33 heavy (non-hydrogen) atoms. The Morgan fingerprint density at radius 1 is 1.03 bits per heavy atom. The highest BCUT2D eigenvalue weighted by Gasteiger charge is 2.44. The lowest BCUT2D eigenvalue weighted by Crippen LogP contribution is -2.46. The number of nitrogens with one attached hydrogen (secondary N) is 1. The molecule has 3 aromatic rings. The third-order valence-corrected chi connectivity index (χ3v) is 6.20. The standard InChI is InChI=1S/C24H23N3O5S/c1-31-18-9-5-16(6-10-18)25-24(30)26(15-20-4-3-13-33-20)21-14-22(28)27(23(21)29)17-7-11-19(32-2)12-8-17/h3-13,21H,14-15H2,1-2H3,(H,25,30). The van der Waals surface area contributed by atoms with Crippen molar-refractivity contribution in [2.45, 2.75) is 19.0 Å². The molecule has 1 aromatic heterocycles. The van der Waals surface area contributed by atoms with Gasteiger partial charge in [0.05, 0.1) is 32.9 Å². The molecule has 1 unspecified atom stereocenters. The van der Waals surface area contributed by atoms with Gasteiger partial charge in [0.15, 0.2) is 0 Å². The summed E-state index contributed by atoms with van der Waals surface area (Å²) in [6.45, 7) is 0.208. The molecule has 0 saturated carbocycles. The average Bonchev–Trinajstić information content (AvgIpc) is 3.45. The van der Waals surface area contributed by atoms with Crippen molar-refractivity contribution >= 4 is 40.6 Å². The highest BCUT2D eigenvalue weighted by molar-refractivity contribution is 7.09. The van der Waals surface area contributed by atoms with Crippen LogP contribution < -0.4 is 19.7 Å². The first-order chi connectivity index (χ1) is 16.0. The van der Waals surface area contributed by atoms with Gasteiger partial charge in [-0.2, -0.15) is 0 Å². The fourth-order valence-electron chi connectivity index (χ4n) is 3.63. The summed E-state index contributed by atoms with van der Waals surface area (Å²) in [5.74, 6) is 0.484. The van der Waals surface area contributed by atoms with Gasteiger partial charge in [0.25, 0.3) is 5.91 Å². The van der Waals surface area contributed by atoms with Gasteiger partial charge < -0.3 is 19.7 Å². The van der Waals surface area contributed by atoms with Gasteiger partial charge in [0, 0.05) is 10.6 Å². The van der Waals surface area contributed by atoms with Gasteiger partial charge >= 0.3 is 6.03 Å². The van der Waals surface area contributed by atoms with Crippen LogP contribution in [0.1, 0.15) is 11.3 Å². The lowest BCUT2D eigenvalue weighted by molar-refractivity contribution is -0.122. The van der Waals surface area contributed by atoms with Crippen molar-refractivity contribution in [1.29, 1.82) is 0 Å². The van der Waals surface area contributed by atoms with Gasteiger partial charge in [-0.15, -0.1) is 11.3 Å². The molecule has 1 aliphatic rings. The summed E-state index contributed by atoms with van der Waals surface area (Å²) in [6, 6.07) is 15.9. The van der Waals surface area contributed by atoms with Crippen molar-refractivity contribution in [1.82, 2.24) is 4.90 Å². The van der Waals surface area contributed by atoms with Crippen molar-refractivity contribution in [2.24, 2.45) is 0 Å². The molecule has 9 heteroatoms. The van der Waals surface area contributed by atoms with Crippen LogP contribution in [0, 0.1) is 0 Å². The molecule has 0 aliphatic carbocycles. The molecule has 2 aromatic carbocycles. The number of carbonyl (C=O) groups is 3. The van der Waals surface area contributed by atoms with E-state index in [2.05, 4.69) is 5.32 Å². The molecule has 1 fully saturated rings. The van der Waals surface area contributed by atoms with Crippen LogP contribution in [-0.2, 0) is 16.1 Å². The number of imide groups is 1. The van der Waals surface area contributed by atoms with Crippen molar-refractivity contribution in [3.05, 3.63) is 70.9 Å². The van der Waals surface area contributed by atoms with E-state index >= 15 is 0 Å². The number of hydrogen-bond acceptors (Lipinski definition) is 6. The van der Waals surface area contributed by atoms with E-state index in [-0.39, 0.29) is 18.9 Å². The Kier molecular flexibility index (Phi) is 6.60. The largest absolute Gasteiger partial charge is 0.497 e. The van der Waals surface area contributed by atoms with Gasteiger partial charge in [-0.25, -0.2) is 9.69 Å². The maximum Gasteiger partial charge on any atom is 0.322 e. The second-order valence-electron chi connectivity index (χ2n) is 7.35. The fraction of sp³-hybridized carbons (Fsp3) is 0.208. The van der Waals surface area contributed by atoms with Crippen LogP contribution in [0.3, 0.4) is 0 Å². The molecule has 8 nitrogen and oxygen atoms in total. The smallest absolute Gasteiger partial charge is 0.322 e. The zero-order valence-corrected chi connectivity index (χ0v) is 19.0. The molecule has 0 bridgehead atoms. The zero-order chi connectivity index (χ0) is 23.4. The second-order valence-corrected chi connectivity index (χ2v) is 8.38. The Labute approximate surface area is 195 Å². The molecule has 4 rings (SSSR count). The van der Waals surface area contributed by atoms with Gasteiger partial charge in [0.1, 0.15) is 17.5 Å². The van der Waals surface area contributed by atoms with Gasteiger partial charge in [-0.3, -0.25) is 9.59 Å². The Bertz CT molecular complexity index is 1130. The van der Waals surface area contributed by atoms with Crippen LogP contribution in [0.5, 0.6) is 11.5 Å². The third kappa shape index (κ3) is 4.83. The van der Waals surface area contributed by atoms with Gasteiger partial charge in [0.2, 0.25) is 5.91 Å². The number of methoxy groups -OCH3 is 2. The number of thiophene rings is 1. The first-order valence-electron chi connectivity index (χ1n) is 10.2. The van der Waals surface area contributed by atoms with Gasteiger partial charge in [-0.1, -0.05) is 6.07 Å². The molecule has 1 atom stereocenters. The number of hydrogen-bond donors (Lipinski definition) is 1. The van der Waals surface area contributed by atoms with Crippen molar-refractivity contribution in [3.63, 3.8) is 0 Å². The van der Waals surface area contributed by atoms with E-state index in [1.54, 1.807) is 62.8 Å². The Hall–Kier alpha value is -3.85. The molecular weight excluding hydrogens is 442 g/mol. The Balaban J connectivity index is 1.58. The third-order valence-electron chi connectivity index (χ3n) is 5.34. The van der Waals surface area contributed by atoms with Crippen molar-refractivity contribution in [2.75, 3.05) is 24.4 Å². The Morgan fingerprint density at radius 3 is 2.24 bits per heavy atom. The second kappa shape index (κ2) is 9.74. The summed E-state index contributed by atoms with van der Waals surface area (Å²) in [5.41, 5.74) is 1.00. The van der Waals surface area contributed by atoms with Crippen molar-refractivity contribution < 1.29 is 23.9 Å². The molecular formula is C24H23N3O5S. The number of carbonyl (C=O) groups excluding carboxylic acids is 3. The lowest BCUT2D eigenvalue weighted by atomic mass is 10.2. The topological polar surface area (TPSA) is 88.2 Å². The minimum Gasteiger partial charge on any atom is -0.497 e. The number of benzene rings is 2. The van der Waals surface area contributed by atoms with E-state index in [1.165, 1.54) is 16.2 Å². The van der Waals surface area contributed by atoms with Crippen LogP contribution in [0.4, 0.5) is 16.2 Å². The van der Waals surface area contributed by atoms with Crippen LogP contribution in [-0.4, -0.2) is 43.0 Å². The molecule has 1 saturated heterocycles. The maximum absolute atomic E-state index is 13.3. The minimum absolute atomic E-state index is 0.0910. The fourth-order valence-corrected chi connectivity index (χ4v) is 4.33. The predicted molar refractivity (Wildman–Crippen MR) is 126 cm³/mol. The van der Waals surface area contributed by atoms with E-state index in [4.69, 9.17) is 9.47 Å². The number of rotatable bonds is 7. The van der Waals surface area contributed by atoms with Crippen LogP contribution in [0.25, 0.3) is 0 Å². The molecule has 0 radical (unpaired) electrons. The van der Waals surface area contributed by atoms with Gasteiger partial charge in [-0.05, 0) is 60.0 Å². The summed E-state index contributed by atoms with van der Waals surface area (Å²) in [5, 5.41) is 4.73. The first-order valence-corrected chi connectivity index (χ1v) is 11.1. The summed E-state index contributed by atoms with van der Waals surface area (Å²) in [4.78, 5) is 42.8. The summed E-state index contributed by atoms with van der Waals surface area (Å²) >= 11 is 1.48. The SMILES string of the molecule is COc1ccc(NC(=O)N(Cc2cccs2)C2CC(=O)N(c3ccc(OC)cc3)C2=O)cc1. The van der Waals surface area contributed by atoms with E-state index in [9.17, 15) is 14.4 Å². The highest BCUT2D eigenvalue weighted by Crippen LogP contribution is 2.29. The minimum atomic E-state index is -0.917. The lowest BCUT2D eigenvalue weighted by Gasteiger charge is -2.27. The molecule has 4 amide bonds. The Morgan fingerprint density at radius 2 is 1.67 bits per heavy atom. The summed E-state index contributed by atoms with van der Waals surface area (Å²) < 4.78 is 10.3. The van der Waals surface area contributed by atoms with Crippen LogP contribution in [0.2, 0.25) is 0 Å². The summed E-state index contributed by atoms with van der Waals surface area (Å²) in [6.07, 6.45) is -0.0910. The monoisotopic (exact) mass is 465 g/mol. The number of amides is 4. The first kappa shape index (κ1) is 22.3. The van der Waals surface area contributed by atoms with Crippen LogP contribution in [0.15, 0.2) is 66.0 Å². The molecule has 0 spiro atoms. The predicted octanol–water partition coefficient (Wildman–Crippen LogP) is 4.13. The number of anilines is 2. The van der Waals surface area contributed by atoms with Crippen molar-refractivity contribution in [3.8, 4) is 11.5 Å². The van der Waals surface area contributed by atoms with E-state index < -0.39 is 18.0 Å².